The van der Waals surface area contributed by atoms with E-state index in [4.69, 9.17) is 10.5 Å². The minimum Gasteiger partial charge on any atom is -0.383 e. The molecular weight excluding hydrogens is 164 g/mol. The molecule has 3 nitrogen and oxygen atoms in total. The summed E-state index contributed by atoms with van der Waals surface area (Å²) in [5.41, 5.74) is 5.49. The second-order valence-electron chi connectivity index (χ2n) is 3.78. The topological polar surface area (TPSA) is 38.5 Å². The van der Waals surface area contributed by atoms with Gasteiger partial charge in [-0.1, -0.05) is 0 Å². The van der Waals surface area contributed by atoms with Gasteiger partial charge in [0.1, 0.15) is 0 Å². The maximum absolute atomic E-state index is 5.49. The second-order valence-corrected chi connectivity index (χ2v) is 3.78. The van der Waals surface area contributed by atoms with E-state index in [-0.39, 0.29) is 0 Å². The number of hydrogen-bond acceptors (Lipinski definition) is 3. The van der Waals surface area contributed by atoms with Crippen LogP contribution in [0.3, 0.4) is 0 Å². The van der Waals surface area contributed by atoms with E-state index in [0.717, 1.165) is 26.1 Å². The molecule has 0 heterocycles. The fraction of sp³-hybridized carbons (Fsp3) is 1.00. The highest BCUT2D eigenvalue weighted by atomic mass is 16.5. The van der Waals surface area contributed by atoms with Gasteiger partial charge in [0, 0.05) is 19.2 Å². The van der Waals surface area contributed by atoms with Gasteiger partial charge in [0.05, 0.1) is 6.61 Å². The molecule has 1 unspecified atom stereocenters. The quantitative estimate of drug-likeness (QED) is 0.650. The van der Waals surface area contributed by atoms with Crippen LogP contribution < -0.4 is 5.73 Å². The molecule has 0 radical (unpaired) electrons. The van der Waals surface area contributed by atoms with E-state index in [1.54, 1.807) is 7.11 Å². The predicted octanol–water partition coefficient (Wildman–Crippen LogP) is 1.08. The summed E-state index contributed by atoms with van der Waals surface area (Å²) in [5.74, 6) is 0. The maximum Gasteiger partial charge on any atom is 0.0615 e. The molecule has 0 fully saturated rings. The van der Waals surface area contributed by atoms with Gasteiger partial charge in [-0.25, -0.2) is 0 Å². The van der Waals surface area contributed by atoms with E-state index in [0.29, 0.717) is 12.1 Å². The molecule has 3 heteroatoms. The van der Waals surface area contributed by atoms with Gasteiger partial charge in [0.25, 0.3) is 0 Å². The Labute approximate surface area is 82.2 Å². The molecular formula is C10H24N2O. The predicted molar refractivity (Wildman–Crippen MR) is 56.9 cm³/mol. The number of methoxy groups -OCH3 is 1. The Bertz CT molecular complexity index is 117. The van der Waals surface area contributed by atoms with E-state index in [1.165, 1.54) is 0 Å². The zero-order valence-electron chi connectivity index (χ0n) is 9.42. The molecule has 0 saturated carbocycles. The SMILES string of the molecule is COCC(C)N(CCCN)C(C)C. The first-order valence-corrected chi connectivity index (χ1v) is 5.08. The van der Waals surface area contributed by atoms with Crippen molar-refractivity contribution in [1.29, 1.82) is 0 Å². The van der Waals surface area contributed by atoms with E-state index >= 15 is 0 Å². The molecule has 0 rings (SSSR count). The Balaban J connectivity index is 3.91. The van der Waals surface area contributed by atoms with Crippen molar-refractivity contribution in [2.75, 3.05) is 26.8 Å². The molecule has 0 spiro atoms. The van der Waals surface area contributed by atoms with Gasteiger partial charge in [0.15, 0.2) is 0 Å². The number of ether oxygens (including phenoxy) is 1. The van der Waals surface area contributed by atoms with Crippen molar-refractivity contribution in [3.8, 4) is 0 Å². The molecule has 0 bridgehead atoms. The zero-order chi connectivity index (χ0) is 10.3. The zero-order valence-corrected chi connectivity index (χ0v) is 9.42. The van der Waals surface area contributed by atoms with E-state index in [9.17, 15) is 0 Å². The van der Waals surface area contributed by atoms with Gasteiger partial charge in [-0.2, -0.15) is 0 Å². The lowest BCUT2D eigenvalue weighted by molar-refractivity contribution is 0.0789. The van der Waals surface area contributed by atoms with Crippen molar-refractivity contribution in [3.05, 3.63) is 0 Å². The Kier molecular flexibility index (Phi) is 7.23. The average molecular weight is 188 g/mol. The van der Waals surface area contributed by atoms with Gasteiger partial charge < -0.3 is 10.5 Å². The molecule has 80 valence electrons. The Morgan fingerprint density at radius 3 is 2.31 bits per heavy atom. The fourth-order valence-corrected chi connectivity index (χ4v) is 1.60. The number of nitrogens with zero attached hydrogens (tertiary/aromatic N) is 1. The van der Waals surface area contributed by atoms with Crippen LogP contribution in [0.1, 0.15) is 27.2 Å². The molecule has 0 aliphatic carbocycles. The molecule has 0 aromatic rings. The highest BCUT2D eigenvalue weighted by Crippen LogP contribution is 2.06. The van der Waals surface area contributed by atoms with Crippen molar-refractivity contribution in [2.24, 2.45) is 5.73 Å². The number of nitrogens with two attached hydrogens (primary N) is 1. The van der Waals surface area contributed by atoms with Crippen LogP contribution >= 0.6 is 0 Å². The summed E-state index contributed by atoms with van der Waals surface area (Å²) in [6, 6.07) is 1.05. The normalized spacial score (nSPS) is 14.1. The Morgan fingerprint density at radius 2 is 1.92 bits per heavy atom. The van der Waals surface area contributed by atoms with Gasteiger partial charge in [-0.3, -0.25) is 4.90 Å². The van der Waals surface area contributed by atoms with Crippen molar-refractivity contribution in [3.63, 3.8) is 0 Å². The standard InChI is InChI=1S/C10H24N2O/c1-9(2)12(7-5-6-11)10(3)8-13-4/h9-10H,5-8,11H2,1-4H3. The summed E-state index contributed by atoms with van der Waals surface area (Å²) >= 11 is 0. The second kappa shape index (κ2) is 7.30. The van der Waals surface area contributed by atoms with Crippen LogP contribution in [0.25, 0.3) is 0 Å². The Hall–Kier alpha value is -0.120. The summed E-state index contributed by atoms with van der Waals surface area (Å²) in [4.78, 5) is 2.43. The lowest BCUT2D eigenvalue weighted by atomic mass is 10.2. The van der Waals surface area contributed by atoms with E-state index in [2.05, 4.69) is 25.7 Å². The summed E-state index contributed by atoms with van der Waals surface area (Å²) in [5, 5.41) is 0. The van der Waals surface area contributed by atoms with Crippen LogP contribution in [0.2, 0.25) is 0 Å². The monoisotopic (exact) mass is 188 g/mol. The summed E-state index contributed by atoms with van der Waals surface area (Å²) in [6.07, 6.45) is 1.06. The van der Waals surface area contributed by atoms with Crippen LogP contribution in [-0.4, -0.2) is 43.8 Å². The summed E-state index contributed by atoms with van der Waals surface area (Å²) in [7, 11) is 1.75. The van der Waals surface area contributed by atoms with Crippen LogP contribution in [0.5, 0.6) is 0 Å². The van der Waals surface area contributed by atoms with Gasteiger partial charge in [-0.05, 0) is 40.3 Å². The van der Waals surface area contributed by atoms with Crippen LogP contribution in [0.15, 0.2) is 0 Å². The molecule has 0 aromatic carbocycles. The molecule has 2 N–H and O–H groups in total. The van der Waals surface area contributed by atoms with Crippen molar-refractivity contribution in [1.82, 2.24) is 4.90 Å². The summed E-state index contributed by atoms with van der Waals surface area (Å²) in [6.45, 7) is 9.25. The molecule has 0 aromatic heterocycles. The molecule has 0 saturated heterocycles. The third-order valence-electron chi connectivity index (χ3n) is 2.26. The lowest BCUT2D eigenvalue weighted by Gasteiger charge is -2.32. The Morgan fingerprint density at radius 1 is 1.31 bits per heavy atom. The van der Waals surface area contributed by atoms with Crippen molar-refractivity contribution in [2.45, 2.75) is 39.3 Å². The largest absolute Gasteiger partial charge is 0.383 e. The molecule has 0 aliphatic rings. The highest BCUT2D eigenvalue weighted by Gasteiger charge is 2.15. The first kappa shape index (κ1) is 12.9. The van der Waals surface area contributed by atoms with E-state index < -0.39 is 0 Å². The van der Waals surface area contributed by atoms with Crippen LogP contribution in [-0.2, 0) is 4.74 Å². The third kappa shape index (κ3) is 5.24. The number of hydrogen-bond donors (Lipinski definition) is 1. The minimum absolute atomic E-state index is 0.483. The number of rotatable bonds is 7. The van der Waals surface area contributed by atoms with Gasteiger partial charge in [0.2, 0.25) is 0 Å². The molecule has 0 aliphatic heterocycles. The maximum atomic E-state index is 5.49. The average Bonchev–Trinajstić information content (AvgIpc) is 2.05. The first-order chi connectivity index (χ1) is 6.13. The summed E-state index contributed by atoms with van der Waals surface area (Å²) < 4.78 is 5.14. The molecule has 1 atom stereocenters. The highest BCUT2D eigenvalue weighted by molar-refractivity contribution is 4.70. The van der Waals surface area contributed by atoms with Crippen molar-refractivity contribution >= 4 is 0 Å². The van der Waals surface area contributed by atoms with Gasteiger partial charge >= 0.3 is 0 Å². The van der Waals surface area contributed by atoms with E-state index in [1.807, 2.05) is 0 Å². The smallest absolute Gasteiger partial charge is 0.0615 e. The van der Waals surface area contributed by atoms with Crippen LogP contribution in [0, 0.1) is 0 Å². The van der Waals surface area contributed by atoms with Crippen LogP contribution in [0.4, 0.5) is 0 Å². The molecule has 13 heavy (non-hydrogen) atoms. The lowest BCUT2D eigenvalue weighted by Crippen LogP contribution is -2.42. The minimum atomic E-state index is 0.483. The first-order valence-electron chi connectivity index (χ1n) is 5.08. The fourth-order valence-electron chi connectivity index (χ4n) is 1.60. The van der Waals surface area contributed by atoms with Crippen molar-refractivity contribution < 1.29 is 4.74 Å². The molecule has 0 amide bonds. The van der Waals surface area contributed by atoms with Gasteiger partial charge in [-0.15, -0.1) is 0 Å². The third-order valence-corrected chi connectivity index (χ3v) is 2.26.